The normalized spacial score (nSPS) is 18.8. The zero-order valence-electron chi connectivity index (χ0n) is 50.1. The summed E-state index contributed by atoms with van der Waals surface area (Å²) in [6.07, 6.45) is 11.8. The smallest absolute Gasteiger partial charge is 0.254 e. The summed E-state index contributed by atoms with van der Waals surface area (Å²) in [6, 6.07) is 30.2. The van der Waals surface area contributed by atoms with Crippen molar-refractivity contribution in [3.05, 3.63) is 140 Å². The maximum absolute atomic E-state index is 13.4. The van der Waals surface area contributed by atoms with E-state index in [1.54, 1.807) is 48.5 Å². The number of carbonyl (C=O) groups excluding carboxylic acids is 6. The van der Waals surface area contributed by atoms with Crippen LogP contribution in [0.1, 0.15) is 114 Å². The van der Waals surface area contributed by atoms with Crippen molar-refractivity contribution in [1.29, 1.82) is 0 Å². The zero-order chi connectivity index (χ0) is 61.2. The maximum Gasteiger partial charge on any atom is 0.254 e. The van der Waals surface area contributed by atoms with Crippen LogP contribution in [0.15, 0.2) is 97.1 Å². The van der Waals surface area contributed by atoms with Crippen LogP contribution in [0.5, 0.6) is 0 Å². The second kappa shape index (κ2) is 34.7. The van der Waals surface area contributed by atoms with Crippen molar-refractivity contribution in [2.24, 2.45) is 0 Å². The standard InChI is InChI=1S/C33H41N3O6.C19H25IN2O5.C14H17NO/c1-33(32(39)34-2,29(37)24-42-30-7-4-5-21-41-30)35(3)31(38)28-16-14-26(15-17-28)9-8-25-10-12-27(13-11-25)23-36-18-6-20-40-22-19-36;1-19(18(25)21-2,15(23)12-27-16-6-4-5-11-26-16)22(3)17(24)13-7-9-14(20)10-8-13;1-2-13-4-6-14(7-5-13)12-15-8-3-10-16-11-9-15/h10-17,30H,4-7,18-24H2,1-3H3,(H,34,39);7-10,16H,4-6,11-12H2,1-3H3,(H,21,25);1,4-7H,3,8-12H2. The first-order valence-corrected chi connectivity index (χ1v) is 30.2. The minimum absolute atomic E-state index is 0.307. The average Bonchev–Trinajstić information content (AvgIpc) is 4.12. The molecule has 19 heteroatoms. The first-order valence-electron chi connectivity index (χ1n) is 29.2. The van der Waals surface area contributed by atoms with Crippen LogP contribution in [0.2, 0.25) is 0 Å². The van der Waals surface area contributed by atoms with Crippen molar-refractivity contribution in [1.82, 2.24) is 30.2 Å². The van der Waals surface area contributed by atoms with E-state index >= 15 is 0 Å². The van der Waals surface area contributed by atoms with E-state index in [2.05, 4.69) is 85.1 Å². The fourth-order valence-corrected chi connectivity index (χ4v) is 10.1. The molecule has 8 rings (SSSR count). The van der Waals surface area contributed by atoms with Crippen LogP contribution in [-0.4, -0.2) is 186 Å². The van der Waals surface area contributed by atoms with Crippen LogP contribution in [0.3, 0.4) is 0 Å². The molecule has 4 aromatic carbocycles. The van der Waals surface area contributed by atoms with Crippen LogP contribution in [0.25, 0.3) is 0 Å². The predicted molar refractivity (Wildman–Crippen MR) is 332 cm³/mol. The lowest BCUT2D eigenvalue weighted by molar-refractivity contribution is -0.174. The van der Waals surface area contributed by atoms with Gasteiger partial charge in [-0.2, -0.15) is 0 Å². The van der Waals surface area contributed by atoms with Gasteiger partial charge in [0.15, 0.2) is 35.2 Å². The Morgan fingerprint density at radius 2 is 0.941 bits per heavy atom. The number of halogens is 1. The Labute approximate surface area is 515 Å². The highest BCUT2D eigenvalue weighted by atomic mass is 127. The monoisotopic (exact) mass is 1280 g/mol. The molecular formula is C66H83IN6O12. The minimum Gasteiger partial charge on any atom is -0.380 e. The van der Waals surface area contributed by atoms with Gasteiger partial charge in [-0.25, -0.2) is 0 Å². The van der Waals surface area contributed by atoms with Crippen LogP contribution in [0.4, 0.5) is 0 Å². The van der Waals surface area contributed by atoms with Crippen LogP contribution >= 0.6 is 22.6 Å². The van der Waals surface area contributed by atoms with Crippen molar-refractivity contribution in [3.63, 3.8) is 0 Å². The Bertz CT molecular complexity index is 2900. The van der Waals surface area contributed by atoms with Gasteiger partial charge >= 0.3 is 0 Å². The van der Waals surface area contributed by atoms with Gasteiger partial charge < -0.3 is 48.9 Å². The Morgan fingerprint density at radius 1 is 0.553 bits per heavy atom. The molecule has 4 atom stereocenters. The number of hydrogen-bond acceptors (Lipinski definition) is 14. The van der Waals surface area contributed by atoms with E-state index < -0.39 is 58.9 Å². The van der Waals surface area contributed by atoms with Crippen molar-refractivity contribution >= 4 is 57.8 Å². The summed E-state index contributed by atoms with van der Waals surface area (Å²) in [5, 5.41) is 4.99. The molecule has 4 heterocycles. The molecule has 4 aliphatic heterocycles. The van der Waals surface area contributed by atoms with Crippen molar-refractivity contribution in [2.75, 3.05) is 107 Å². The molecule has 4 saturated heterocycles. The van der Waals surface area contributed by atoms with E-state index in [0.717, 1.165) is 124 Å². The van der Waals surface area contributed by atoms with E-state index in [0.29, 0.717) is 37.2 Å². The number of nitrogens with one attached hydrogen (secondary N) is 2. The summed E-state index contributed by atoms with van der Waals surface area (Å²) in [5.41, 5.74) is 2.44. The highest BCUT2D eigenvalue weighted by molar-refractivity contribution is 14.1. The second-order valence-corrected chi connectivity index (χ2v) is 22.7. The number of amides is 4. The number of hydrogen-bond donors (Lipinski definition) is 2. The number of benzene rings is 4. The molecule has 4 amide bonds. The molecule has 18 nitrogen and oxygen atoms in total. The number of ether oxygens (including phenoxy) is 6. The van der Waals surface area contributed by atoms with E-state index in [-0.39, 0.29) is 13.2 Å². The Kier molecular flexibility index (Phi) is 27.7. The van der Waals surface area contributed by atoms with Crippen molar-refractivity contribution in [3.8, 4) is 24.2 Å². The second-order valence-electron chi connectivity index (χ2n) is 21.4. The Hall–Kier alpha value is -6.37. The number of likely N-dealkylation sites (N-methyl/N-ethyl adjacent to an activating group) is 4. The first-order chi connectivity index (χ1) is 41.0. The molecule has 0 radical (unpaired) electrons. The predicted octanol–water partition coefficient (Wildman–Crippen LogP) is 6.87. The largest absolute Gasteiger partial charge is 0.380 e. The number of Topliss-reactive ketones (excluding diaryl/α,β-unsaturated/α-hetero) is 2. The zero-order valence-corrected chi connectivity index (χ0v) is 52.2. The quantitative estimate of drug-likeness (QED) is 0.0596. The van der Waals surface area contributed by atoms with Gasteiger partial charge in [-0.05, 0) is 172 Å². The summed E-state index contributed by atoms with van der Waals surface area (Å²) in [5.74, 6) is 5.88. The highest BCUT2D eigenvalue weighted by Crippen LogP contribution is 2.24. The third kappa shape index (κ3) is 20.1. The van der Waals surface area contributed by atoms with Crippen LogP contribution < -0.4 is 10.6 Å². The lowest BCUT2D eigenvalue weighted by Crippen LogP contribution is -2.62. The minimum atomic E-state index is -1.76. The molecule has 456 valence electrons. The SMILES string of the molecule is C#Cc1ccc(CN2CCCOCC2)cc1.CNC(=O)C(C)(C(=O)COC1CCCCO1)N(C)C(=O)c1ccc(C#Cc2ccc(CN3CCCOCC3)cc2)cc1.CNC(=O)C(C)(C(=O)COC1CCCCO1)N(C)C(=O)c1ccc(I)cc1. The molecule has 0 aliphatic carbocycles. The molecule has 4 aliphatic rings. The lowest BCUT2D eigenvalue weighted by Gasteiger charge is -2.36. The van der Waals surface area contributed by atoms with Gasteiger partial charge in [0.25, 0.3) is 23.6 Å². The van der Waals surface area contributed by atoms with Gasteiger partial charge in [0.1, 0.15) is 13.2 Å². The average molecular weight is 1280 g/mol. The summed E-state index contributed by atoms with van der Waals surface area (Å²) < 4.78 is 34.1. The van der Waals surface area contributed by atoms with Gasteiger partial charge in [0.2, 0.25) is 0 Å². The molecule has 85 heavy (non-hydrogen) atoms. The fourth-order valence-electron chi connectivity index (χ4n) is 9.78. The van der Waals surface area contributed by atoms with Gasteiger partial charge in [-0.3, -0.25) is 38.6 Å². The molecule has 4 aromatic rings. The molecular weight excluding hydrogens is 1200 g/mol. The van der Waals surface area contributed by atoms with Crippen LogP contribution in [-0.2, 0) is 60.7 Å². The molecule has 0 aromatic heterocycles. The van der Waals surface area contributed by atoms with E-state index in [1.165, 1.54) is 63.0 Å². The molecule has 0 saturated carbocycles. The highest BCUT2D eigenvalue weighted by Gasteiger charge is 2.48. The fraction of sp³-hybridized carbons (Fsp3) is 0.485. The van der Waals surface area contributed by atoms with Crippen LogP contribution in [0, 0.1) is 27.8 Å². The van der Waals surface area contributed by atoms with E-state index in [1.807, 2.05) is 24.3 Å². The Balaban J connectivity index is 0.000000228. The van der Waals surface area contributed by atoms with Gasteiger partial charge in [0, 0.05) is 125 Å². The van der Waals surface area contributed by atoms with E-state index in [4.69, 9.17) is 34.8 Å². The van der Waals surface area contributed by atoms with Crippen molar-refractivity contribution in [2.45, 2.75) is 102 Å². The summed E-state index contributed by atoms with van der Waals surface area (Å²) in [6.45, 7) is 12.8. The summed E-state index contributed by atoms with van der Waals surface area (Å²) in [7, 11) is 5.76. The number of carbonyl (C=O) groups is 6. The topological polar surface area (TPSA) is 195 Å². The maximum atomic E-state index is 13.4. The first kappa shape index (κ1) is 67.8. The number of rotatable bonds is 18. The third-order valence-electron chi connectivity index (χ3n) is 15.5. The number of terminal acetylenes is 1. The molecule has 4 unspecified atom stereocenters. The third-order valence-corrected chi connectivity index (χ3v) is 16.3. The summed E-state index contributed by atoms with van der Waals surface area (Å²) >= 11 is 2.14. The number of ketones is 2. The summed E-state index contributed by atoms with van der Waals surface area (Å²) in [4.78, 5) is 85.0. The van der Waals surface area contributed by atoms with Gasteiger partial charge in [0.05, 0.1) is 13.2 Å². The lowest BCUT2D eigenvalue weighted by atomic mass is 9.92. The van der Waals surface area contributed by atoms with E-state index in [9.17, 15) is 28.8 Å². The molecule has 2 N–H and O–H groups in total. The van der Waals surface area contributed by atoms with Gasteiger partial charge in [-0.15, -0.1) is 6.42 Å². The molecule has 0 bridgehead atoms. The van der Waals surface area contributed by atoms with Gasteiger partial charge in [-0.1, -0.05) is 42.0 Å². The Morgan fingerprint density at radius 3 is 1.32 bits per heavy atom. The van der Waals surface area contributed by atoms with Crippen molar-refractivity contribution < 1.29 is 57.2 Å². The molecule has 4 fully saturated rings. The number of nitrogens with zero attached hydrogens (tertiary/aromatic N) is 4. The molecule has 0 spiro atoms.